The first kappa shape index (κ1) is 13.9. The van der Waals surface area contributed by atoms with E-state index in [2.05, 4.69) is 50.5 Å². The van der Waals surface area contributed by atoms with Crippen molar-refractivity contribution in [3.63, 3.8) is 0 Å². The highest BCUT2D eigenvalue weighted by Gasteiger charge is 2.11. The molecular formula is C16H16BrN3O. The van der Waals surface area contributed by atoms with E-state index >= 15 is 0 Å². The summed E-state index contributed by atoms with van der Waals surface area (Å²) in [5.74, 6) is 1.70. The van der Waals surface area contributed by atoms with Gasteiger partial charge >= 0.3 is 0 Å². The molecule has 3 rings (SSSR count). The van der Waals surface area contributed by atoms with E-state index in [0.717, 1.165) is 32.9 Å². The van der Waals surface area contributed by atoms with E-state index in [1.165, 1.54) is 5.56 Å². The largest absolute Gasteiger partial charge is 0.460 e. The summed E-state index contributed by atoms with van der Waals surface area (Å²) in [5.41, 5.74) is 4.30. The summed E-state index contributed by atoms with van der Waals surface area (Å²) in [6.45, 7) is 4.70. The predicted molar refractivity (Wildman–Crippen MR) is 87.2 cm³/mol. The van der Waals surface area contributed by atoms with Crippen molar-refractivity contribution in [2.45, 2.75) is 20.4 Å². The molecule has 2 heterocycles. The quantitative estimate of drug-likeness (QED) is 0.722. The molecule has 1 aromatic carbocycles. The fraction of sp³-hybridized carbons (Fsp3) is 0.188. The van der Waals surface area contributed by atoms with Crippen LogP contribution in [0.3, 0.4) is 0 Å². The number of H-pyrrole nitrogens is 1. The number of rotatable bonds is 4. The van der Waals surface area contributed by atoms with Crippen LogP contribution in [0.1, 0.15) is 16.9 Å². The van der Waals surface area contributed by atoms with Crippen LogP contribution in [0.4, 0.5) is 5.69 Å². The Bertz CT molecular complexity index is 760. The van der Waals surface area contributed by atoms with Crippen LogP contribution in [-0.4, -0.2) is 10.2 Å². The number of benzene rings is 1. The Morgan fingerprint density at radius 3 is 2.86 bits per heavy atom. The van der Waals surface area contributed by atoms with Gasteiger partial charge in [-0.05, 0) is 43.7 Å². The number of nitrogens with one attached hydrogen (secondary N) is 2. The highest BCUT2D eigenvalue weighted by Crippen LogP contribution is 2.25. The lowest BCUT2D eigenvalue weighted by molar-refractivity contribution is 0.545. The molecule has 0 aliphatic carbocycles. The van der Waals surface area contributed by atoms with E-state index in [4.69, 9.17) is 4.42 Å². The molecule has 0 atom stereocenters. The minimum atomic E-state index is 0.683. The normalized spacial score (nSPS) is 10.8. The van der Waals surface area contributed by atoms with Crippen molar-refractivity contribution in [2.24, 2.45) is 0 Å². The summed E-state index contributed by atoms with van der Waals surface area (Å²) < 4.78 is 6.72. The molecule has 0 aliphatic rings. The molecule has 0 bridgehead atoms. The zero-order chi connectivity index (χ0) is 14.8. The maximum atomic E-state index is 5.66. The Hall–Kier alpha value is -2.01. The van der Waals surface area contributed by atoms with Gasteiger partial charge in [0.1, 0.15) is 11.5 Å². The van der Waals surface area contributed by atoms with E-state index in [1.807, 2.05) is 31.3 Å². The van der Waals surface area contributed by atoms with Gasteiger partial charge in [0.2, 0.25) is 0 Å². The predicted octanol–water partition coefficient (Wildman–Crippen LogP) is 4.66. The van der Waals surface area contributed by atoms with Crippen LogP contribution in [0.25, 0.3) is 11.5 Å². The minimum absolute atomic E-state index is 0.683. The first-order chi connectivity index (χ1) is 10.1. The third kappa shape index (κ3) is 3.03. The molecule has 5 heteroatoms. The number of halogens is 1. The Morgan fingerprint density at radius 2 is 2.10 bits per heavy atom. The van der Waals surface area contributed by atoms with E-state index in [1.54, 1.807) is 0 Å². The number of nitrogens with zero attached hydrogens (tertiary/aromatic N) is 1. The smallest absolute Gasteiger partial charge is 0.152 e. The van der Waals surface area contributed by atoms with Gasteiger partial charge < -0.3 is 9.73 Å². The molecular weight excluding hydrogens is 330 g/mol. The van der Waals surface area contributed by atoms with Crippen molar-refractivity contribution >= 4 is 21.6 Å². The van der Waals surface area contributed by atoms with Gasteiger partial charge in [-0.3, -0.25) is 5.10 Å². The molecule has 0 aliphatic heterocycles. The maximum absolute atomic E-state index is 5.66. The van der Waals surface area contributed by atoms with Crippen LogP contribution < -0.4 is 5.32 Å². The fourth-order valence-electron chi connectivity index (χ4n) is 2.20. The second kappa shape index (κ2) is 5.77. The SMILES string of the molecule is Cc1ccc(-c2[nH]ncc2CNc2cc(Br)ccc2C)o1. The van der Waals surface area contributed by atoms with Crippen molar-refractivity contribution in [3.05, 3.63) is 57.9 Å². The van der Waals surface area contributed by atoms with Crippen molar-refractivity contribution < 1.29 is 4.42 Å². The number of hydrogen-bond donors (Lipinski definition) is 2. The van der Waals surface area contributed by atoms with Crippen molar-refractivity contribution in [1.29, 1.82) is 0 Å². The summed E-state index contributed by atoms with van der Waals surface area (Å²) in [7, 11) is 0. The van der Waals surface area contributed by atoms with Gasteiger partial charge in [-0.25, -0.2) is 0 Å². The van der Waals surface area contributed by atoms with Crippen LogP contribution in [-0.2, 0) is 6.54 Å². The second-order valence-corrected chi connectivity index (χ2v) is 5.91. The molecule has 3 aromatic rings. The van der Waals surface area contributed by atoms with Gasteiger partial charge in [-0.15, -0.1) is 0 Å². The number of anilines is 1. The molecule has 0 radical (unpaired) electrons. The third-order valence-electron chi connectivity index (χ3n) is 3.37. The van der Waals surface area contributed by atoms with Crippen molar-refractivity contribution in [1.82, 2.24) is 10.2 Å². The highest BCUT2D eigenvalue weighted by molar-refractivity contribution is 9.10. The topological polar surface area (TPSA) is 53.9 Å². The Balaban J connectivity index is 1.80. The van der Waals surface area contributed by atoms with Crippen LogP contribution in [0.15, 0.2) is 45.4 Å². The molecule has 0 saturated heterocycles. The van der Waals surface area contributed by atoms with Crippen molar-refractivity contribution in [3.8, 4) is 11.5 Å². The number of hydrogen-bond acceptors (Lipinski definition) is 3. The average Bonchev–Trinajstić information content (AvgIpc) is 3.08. The van der Waals surface area contributed by atoms with Crippen LogP contribution in [0.2, 0.25) is 0 Å². The van der Waals surface area contributed by atoms with E-state index in [-0.39, 0.29) is 0 Å². The lowest BCUT2D eigenvalue weighted by atomic mass is 10.1. The summed E-state index contributed by atoms with van der Waals surface area (Å²) in [4.78, 5) is 0. The van der Waals surface area contributed by atoms with Gasteiger partial charge in [0.15, 0.2) is 5.76 Å². The number of furan rings is 1. The van der Waals surface area contributed by atoms with Crippen LogP contribution in [0, 0.1) is 13.8 Å². The molecule has 4 nitrogen and oxygen atoms in total. The zero-order valence-corrected chi connectivity index (χ0v) is 13.5. The third-order valence-corrected chi connectivity index (χ3v) is 3.87. The van der Waals surface area contributed by atoms with E-state index < -0.39 is 0 Å². The Morgan fingerprint density at radius 1 is 1.24 bits per heavy atom. The molecule has 0 fully saturated rings. The summed E-state index contributed by atoms with van der Waals surface area (Å²) >= 11 is 3.50. The molecule has 2 N–H and O–H groups in total. The zero-order valence-electron chi connectivity index (χ0n) is 11.9. The standard InChI is InChI=1S/C16H16BrN3O/c1-10-3-5-13(17)7-14(10)18-8-12-9-19-20-16(12)15-6-4-11(2)21-15/h3-7,9,18H,8H2,1-2H3,(H,19,20). The first-order valence-corrected chi connectivity index (χ1v) is 7.52. The molecule has 2 aromatic heterocycles. The van der Waals surface area contributed by atoms with E-state index in [0.29, 0.717) is 6.54 Å². The van der Waals surface area contributed by atoms with Gasteiger partial charge in [0.25, 0.3) is 0 Å². The average molecular weight is 346 g/mol. The molecule has 0 spiro atoms. The summed E-state index contributed by atoms with van der Waals surface area (Å²) in [5, 5.41) is 10.6. The molecule has 21 heavy (non-hydrogen) atoms. The fourth-order valence-corrected chi connectivity index (χ4v) is 2.56. The van der Waals surface area contributed by atoms with Gasteiger partial charge in [-0.1, -0.05) is 22.0 Å². The highest BCUT2D eigenvalue weighted by atomic mass is 79.9. The molecule has 0 amide bonds. The number of aromatic nitrogens is 2. The summed E-state index contributed by atoms with van der Waals surface area (Å²) in [6.07, 6.45) is 1.83. The van der Waals surface area contributed by atoms with Gasteiger partial charge in [0.05, 0.1) is 6.20 Å². The Labute approximate surface area is 131 Å². The summed E-state index contributed by atoms with van der Waals surface area (Å²) in [6, 6.07) is 10.1. The van der Waals surface area contributed by atoms with Gasteiger partial charge in [-0.2, -0.15) is 5.10 Å². The molecule has 0 unspecified atom stereocenters. The Kier molecular flexibility index (Phi) is 3.84. The molecule has 108 valence electrons. The number of aryl methyl sites for hydroxylation is 2. The van der Waals surface area contributed by atoms with Crippen molar-refractivity contribution in [2.75, 3.05) is 5.32 Å². The monoisotopic (exact) mass is 345 g/mol. The first-order valence-electron chi connectivity index (χ1n) is 6.72. The minimum Gasteiger partial charge on any atom is -0.460 e. The van der Waals surface area contributed by atoms with Crippen LogP contribution in [0.5, 0.6) is 0 Å². The maximum Gasteiger partial charge on any atom is 0.152 e. The van der Waals surface area contributed by atoms with Crippen LogP contribution >= 0.6 is 15.9 Å². The molecule has 0 saturated carbocycles. The number of aromatic amines is 1. The van der Waals surface area contributed by atoms with E-state index in [9.17, 15) is 0 Å². The lowest BCUT2D eigenvalue weighted by Gasteiger charge is -2.09. The van der Waals surface area contributed by atoms with Gasteiger partial charge in [0, 0.05) is 22.3 Å². The second-order valence-electron chi connectivity index (χ2n) is 4.99. The lowest BCUT2D eigenvalue weighted by Crippen LogP contribution is -2.01.